The molecule has 11 rings (SSSR count). The Bertz CT molecular complexity index is 3420. The van der Waals surface area contributed by atoms with E-state index in [0.717, 1.165) is 55.6 Å². The standard InChI is InChI=1S/C68H54O6P2/c1-67(51-29-28-45-61(67)55-36-14-5-15-37-55)73-76(71-65-49-26-22-44-60(65)54-34-12-4-13-35-54)74-68(56-38-16-6-17-39-56,57-40-18-7-19-41-57)62-46-23-27-50-66(62)72-75(69-63-47-24-20-42-58(63)52-30-8-2-9-31-52)70-64-48-25-21-43-59(64)53-32-10-3-11-33-53/h2-50H,51H2,1H3. The first-order valence-corrected chi connectivity index (χ1v) is 27.5. The normalized spacial score (nSPS) is 14.6. The summed E-state index contributed by atoms with van der Waals surface area (Å²) in [4.78, 5) is 0. The number of benzene rings is 10. The lowest BCUT2D eigenvalue weighted by molar-refractivity contribution is 0.0688. The van der Waals surface area contributed by atoms with E-state index in [-0.39, 0.29) is 0 Å². The quantitative estimate of drug-likeness (QED) is 0.0594. The summed E-state index contributed by atoms with van der Waals surface area (Å²) >= 11 is 0. The minimum absolute atomic E-state index is 0.465. The van der Waals surface area contributed by atoms with Gasteiger partial charge in [0.25, 0.3) is 0 Å². The van der Waals surface area contributed by atoms with E-state index in [0.29, 0.717) is 35.0 Å². The van der Waals surface area contributed by atoms with Gasteiger partial charge in [-0.3, -0.25) is 9.05 Å². The van der Waals surface area contributed by atoms with E-state index in [1.165, 1.54) is 0 Å². The molecule has 372 valence electrons. The highest BCUT2D eigenvalue weighted by Gasteiger charge is 2.47. The fourth-order valence-corrected chi connectivity index (χ4v) is 12.1. The molecule has 76 heavy (non-hydrogen) atoms. The van der Waals surface area contributed by atoms with Crippen molar-refractivity contribution in [3.05, 3.63) is 320 Å². The number of allylic oxidation sites excluding steroid dienone is 2. The topological polar surface area (TPSA) is 55.4 Å². The maximum atomic E-state index is 7.97. The average Bonchev–Trinajstić information content (AvgIpc) is 3.51. The predicted octanol–water partition coefficient (Wildman–Crippen LogP) is 18.9. The molecule has 0 amide bonds. The summed E-state index contributed by atoms with van der Waals surface area (Å²) in [5.41, 5.74) is 7.67. The SMILES string of the molecule is CC1(OP(Oc2ccccc2-c2ccccc2)OC(c2ccccc2)(c2ccccc2)c2ccccc2OP(Oc2ccccc2-c2ccccc2)Oc2ccccc2-c2ccccc2)CC=CC=C1c1ccccc1. The molecule has 0 aliphatic heterocycles. The fourth-order valence-electron chi connectivity index (χ4n) is 9.58. The Morgan fingerprint density at radius 3 is 1.14 bits per heavy atom. The summed E-state index contributed by atoms with van der Waals surface area (Å²) in [7, 11) is -4.63. The molecule has 2 unspecified atom stereocenters. The first-order chi connectivity index (χ1) is 37.5. The molecule has 10 aromatic rings. The number of hydrogen-bond acceptors (Lipinski definition) is 6. The molecule has 0 heterocycles. The van der Waals surface area contributed by atoms with Crippen molar-refractivity contribution in [3.63, 3.8) is 0 Å². The van der Waals surface area contributed by atoms with E-state index in [4.69, 9.17) is 27.1 Å². The number of hydrogen-bond donors (Lipinski definition) is 0. The van der Waals surface area contributed by atoms with Gasteiger partial charge >= 0.3 is 17.2 Å². The first kappa shape index (κ1) is 49.9. The molecule has 8 heteroatoms. The molecule has 0 spiro atoms. The largest absolute Gasteiger partial charge is 0.530 e. The van der Waals surface area contributed by atoms with Crippen molar-refractivity contribution in [2.24, 2.45) is 0 Å². The minimum atomic E-state index is -2.35. The van der Waals surface area contributed by atoms with Gasteiger partial charge in [-0.05, 0) is 76.6 Å². The van der Waals surface area contributed by atoms with Gasteiger partial charge < -0.3 is 18.1 Å². The monoisotopic (exact) mass is 1030 g/mol. The summed E-state index contributed by atoms with van der Waals surface area (Å²) in [6, 6.07) is 93.4. The van der Waals surface area contributed by atoms with Crippen molar-refractivity contribution in [3.8, 4) is 56.4 Å². The first-order valence-electron chi connectivity index (χ1n) is 25.3. The van der Waals surface area contributed by atoms with Crippen LogP contribution in [0.2, 0.25) is 0 Å². The summed E-state index contributed by atoms with van der Waals surface area (Å²) in [6.45, 7) is 2.12. The third-order valence-corrected chi connectivity index (χ3v) is 15.6. The second-order valence-corrected chi connectivity index (χ2v) is 20.3. The molecule has 0 saturated carbocycles. The van der Waals surface area contributed by atoms with E-state index in [2.05, 4.69) is 116 Å². The number of rotatable bonds is 19. The van der Waals surface area contributed by atoms with Crippen molar-refractivity contribution in [1.82, 2.24) is 0 Å². The molecule has 6 nitrogen and oxygen atoms in total. The minimum Gasteiger partial charge on any atom is -0.426 e. The zero-order valence-corrected chi connectivity index (χ0v) is 43.6. The van der Waals surface area contributed by atoms with Gasteiger partial charge in [0.1, 0.15) is 28.6 Å². The maximum Gasteiger partial charge on any atom is 0.530 e. The van der Waals surface area contributed by atoms with Crippen LogP contribution in [0, 0.1) is 0 Å². The summed E-state index contributed by atoms with van der Waals surface area (Å²) < 4.78 is 44.4. The van der Waals surface area contributed by atoms with E-state index < -0.39 is 28.4 Å². The van der Waals surface area contributed by atoms with Crippen molar-refractivity contribution in [1.29, 1.82) is 0 Å². The van der Waals surface area contributed by atoms with E-state index in [1.54, 1.807) is 0 Å². The maximum absolute atomic E-state index is 7.97. The molecule has 0 saturated heterocycles. The summed E-state index contributed by atoms with van der Waals surface area (Å²) in [5.74, 6) is 2.27. The Morgan fingerprint density at radius 2 is 0.697 bits per heavy atom. The van der Waals surface area contributed by atoms with Gasteiger partial charge in [0.15, 0.2) is 5.60 Å². The van der Waals surface area contributed by atoms with Gasteiger partial charge in [-0.1, -0.05) is 273 Å². The Labute approximate surface area is 448 Å². The van der Waals surface area contributed by atoms with Crippen LogP contribution >= 0.6 is 17.2 Å². The Balaban J connectivity index is 1.08. The van der Waals surface area contributed by atoms with Crippen molar-refractivity contribution < 1.29 is 27.1 Å². The Hall–Kier alpha value is -8.34. The van der Waals surface area contributed by atoms with Crippen LogP contribution < -0.4 is 18.1 Å². The van der Waals surface area contributed by atoms with Gasteiger partial charge in [0.2, 0.25) is 0 Å². The summed E-state index contributed by atoms with van der Waals surface area (Å²) in [5, 5.41) is 0. The van der Waals surface area contributed by atoms with Gasteiger partial charge in [-0.25, -0.2) is 0 Å². The molecule has 1 aliphatic rings. The van der Waals surface area contributed by atoms with E-state index in [9.17, 15) is 0 Å². The molecule has 0 fully saturated rings. The molecular weight excluding hydrogens is 975 g/mol. The van der Waals surface area contributed by atoms with Gasteiger partial charge in [-0.15, -0.1) is 0 Å². The average molecular weight is 1030 g/mol. The van der Waals surface area contributed by atoms with Crippen LogP contribution in [0.5, 0.6) is 23.0 Å². The van der Waals surface area contributed by atoms with E-state index in [1.807, 2.05) is 188 Å². The lowest BCUT2D eigenvalue weighted by atomic mass is 9.80. The zero-order chi connectivity index (χ0) is 51.4. The Morgan fingerprint density at radius 1 is 0.355 bits per heavy atom. The third kappa shape index (κ3) is 11.0. The lowest BCUT2D eigenvalue weighted by Gasteiger charge is -2.41. The van der Waals surface area contributed by atoms with Crippen LogP contribution in [0.15, 0.2) is 297 Å². The molecule has 10 aromatic carbocycles. The van der Waals surface area contributed by atoms with Crippen molar-refractivity contribution in [2.45, 2.75) is 24.5 Å². The predicted molar refractivity (Wildman–Crippen MR) is 310 cm³/mol. The highest BCUT2D eigenvalue weighted by molar-refractivity contribution is 7.43. The molecule has 0 radical (unpaired) electrons. The van der Waals surface area contributed by atoms with Crippen LogP contribution in [-0.4, -0.2) is 5.60 Å². The lowest BCUT2D eigenvalue weighted by Crippen LogP contribution is -2.35. The molecule has 0 aromatic heterocycles. The van der Waals surface area contributed by atoms with Gasteiger partial charge in [0.05, 0.1) is 0 Å². The highest BCUT2D eigenvalue weighted by Crippen LogP contribution is 2.60. The zero-order valence-electron chi connectivity index (χ0n) is 41.8. The highest BCUT2D eigenvalue weighted by atomic mass is 31.2. The van der Waals surface area contributed by atoms with Crippen LogP contribution in [0.1, 0.15) is 35.6 Å². The molecule has 2 atom stereocenters. The van der Waals surface area contributed by atoms with E-state index >= 15 is 0 Å². The van der Waals surface area contributed by atoms with Crippen LogP contribution in [0.25, 0.3) is 39.0 Å². The Kier molecular flexibility index (Phi) is 15.4. The van der Waals surface area contributed by atoms with Crippen molar-refractivity contribution in [2.75, 3.05) is 0 Å². The van der Waals surface area contributed by atoms with Crippen LogP contribution in [-0.2, 0) is 14.6 Å². The molecule has 1 aliphatic carbocycles. The second-order valence-electron chi connectivity index (χ2n) is 18.3. The van der Waals surface area contributed by atoms with Crippen LogP contribution in [0.3, 0.4) is 0 Å². The molecular formula is C68H54O6P2. The summed E-state index contributed by atoms with van der Waals surface area (Å²) in [6.07, 6.45) is 6.92. The second kappa shape index (κ2) is 23.5. The number of para-hydroxylation sites is 4. The van der Waals surface area contributed by atoms with Crippen LogP contribution in [0.4, 0.5) is 0 Å². The fraction of sp³-hybridized carbons (Fsp3) is 0.0588. The molecule has 0 N–H and O–H groups in total. The van der Waals surface area contributed by atoms with Gasteiger partial charge in [-0.2, -0.15) is 0 Å². The third-order valence-electron chi connectivity index (χ3n) is 13.3. The smallest absolute Gasteiger partial charge is 0.426 e. The van der Waals surface area contributed by atoms with Gasteiger partial charge in [0, 0.05) is 22.3 Å². The molecule has 0 bridgehead atoms. The van der Waals surface area contributed by atoms with Crippen molar-refractivity contribution >= 4 is 22.8 Å².